The lowest BCUT2D eigenvalue weighted by molar-refractivity contribution is -0.137. The van der Waals surface area contributed by atoms with Gasteiger partial charge in [0.05, 0.1) is 11.3 Å². The number of amides is 1. The summed E-state index contributed by atoms with van der Waals surface area (Å²) in [5.41, 5.74) is 1.09. The van der Waals surface area contributed by atoms with E-state index in [-0.39, 0.29) is 18.4 Å². The van der Waals surface area contributed by atoms with Crippen LogP contribution in [0, 0.1) is 13.8 Å². The van der Waals surface area contributed by atoms with E-state index in [1.54, 1.807) is 20.8 Å². The fourth-order valence-corrected chi connectivity index (χ4v) is 2.47. The number of carboxylic acids is 1. The second-order valence-electron chi connectivity index (χ2n) is 4.55. The topological polar surface area (TPSA) is 92.2 Å². The molecular weight excluding hydrogens is 278 g/mol. The summed E-state index contributed by atoms with van der Waals surface area (Å²) in [5.74, 6) is -0.502. The molecule has 1 unspecified atom stereocenters. The molecule has 1 rings (SSSR count). The number of aryl methyl sites for hydroxylation is 2. The Hall–Kier alpha value is -1.63. The van der Waals surface area contributed by atoms with Crippen LogP contribution in [0.1, 0.15) is 41.6 Å². The van der Waals surface area contributed by atoms with Crippen molar-refractivity contribution >= 4 is 23.6 Å². The Morgan fingerprint density at radius 2 is 2.00 bits per heavy atom. The minimum atomic E-state index is -0.870. The summed E-state index contributed by atoms with van der Waals surface area (Å²) in [6, 6.07) is -0.214. The molecule has 6 nitrogen and oxygen atoms in total. The number of nitrogens with zero attached hydrogens (tertiary/aromatic N) is 2. The van der Waals surface area contributed by atoms with Crippen LogP contribution in [0.15, 0.2) is 5.03 Å². The van der Waals surface area contributed by atoms with Gasteiger partial charge >= 0.3 is 5.97 Å². The maximum atomic E-state index is 12.3. The van der Waals surface area contributed by atoms with Crippen molar-refractivity contribution in [1.29, 1.82) is 0 Å². The number of rotatable bonds is 6. The number of nitrogens with one attached hydrogen (secondary N) is 1. The molecule has 1 atom stereocenters. The molecule has 7 heteroatoms. The Kier molecular flexibility index (Phi) is 5.94. The molecule has 0 aliphatic carbocycles. The molecule has 0 spiro atoms. The van der Waals surface area contributed by atoms with Gasteiger partial charge in [-0.25, -0.2) is 9.97 Å². The van der Waals surface area contributed by atoms with Gasteiger partial charge in [0.1, 0.15) is 10.9 Å². The van der Waals surface area contributed by atoms with Gasteiger partial charge in [0.25, 0.3) is 5.91 Å². The van der Waals surface area contributed by atoms with Crippen LogP contribution >= 0.6 is 11.8 Å². The maximum absolute atomic E-state index is 12.3. The zero-order valence-corrected chi connectivity index (χ0v) is 12.9. The number of carbonyl (C=O) groups excluding carboxylic acids is 1. The van der Waals surface area contributed by atoms with Crippen molar-refractivity contribution in [1.82, 2.24) is 15.3 Å². The fourth-order valence-electron chi connectivity index (χ4n) is 1.80. The summed E-state index contributed by atoms with van der Waals surface area (Å²) < 4.78 is 0. The Labute approximate surface area is 122 Å². The molecule has 0 aliphatic rings. The first-order valence-electron chi connectivity index (χ1n) is 6.27. The van der Waals surface area contributed by atoms with E-state index in [4.69, 9.17) is 5.11 Å². The first-order chi connectivity index (χ1) is 9.35. The number of aliphatic carboxylic acids is 1. The summed E-state index contributed by atoms with van der Waals surface area (Å²) in [6.45, 7) is 5.33. The SMILES string of the molecule is CSc1nc(C)nc(C)c1C(=O)NC(C)CCC(=O)O. The third-order valence-electron chi connectivity index (χ3n) is 2.76. The van der Waals surface area contributed by atoms with Crippen LogP contribution < -0.4 is 5.32 Å². The quantitative estimate of drug-likeness (QED) is 0.614. The Morgan fingerprint density at radius 1 is 1.35 bits per heavy atom. The average Bonchev–Trinajstić information content (AvgIpc) is 2.34. The molecule has 1 amide bonds. The molecule has 0 aromatic carbocycles. The molecule has 1 aromatic heterocycles. The van der Waals surface area contributed by atoms with E-state index in [1.165, 1.54) is 11.8 Å². The van der Waals surface area contributed by atoms with E-state index in [1.807, 2.05) is 6.26 Å². The van der Waals surface area contributed by atoms with Crippen molar-refractivity contribution in [3.05, 3.63) is 17.1 Å². The number of hydrogen-bond donors (Lipinski definition) is 2. The molecule has 0 bridgehead atoms. The fraction of sp³-hybridized carbons (Fsp3) is 0.538. The van der Waals surface area contributed by atoms with Crippen molar-refractivity contribution in [3.8, 4) is 0 Å². The highest BCUT2D eigenvalue weighted by atomic mass is 32.2. The smallest absolute Gasteiger partial charge is 0.303 e. The van der Waals surface area contributed by atoms with Crippen LogP contribution in [-0.4, -0.2) is 39.2 Å². The third-order valence-corrected chi connectivity index (χ3v) is 3.44. The predicted octanol–water partition coefficient (Wildman–Crippen LogP) is 1.80. The minimum Gasteiger partial charge on any atom is -0.481 e. The number of thioether (sulfide) groups is 1. The highest BCUT2D eigenvalue weighted by Crippen LogP contribution is 2.20. The molecule has 110 valence electrons. The van der Waals surface area contributed by atoms with Crippen molar-refractivity contribution in [3.63, 3.8) is 0 Å². The van der Waals surface area contributed by atoms with Crippen LogP contribution in [0.25, 0.3) is 0 Å². The van der Waals surface area contributed by atoms with Gasteiger partial charge in [-0.3, -0.25) is 9.59 Å². The molecule has 0 aliphatic heterocycles. The van der Waals surface area contributed by atoms with Gasteiger partial charge in [0, 0.05) is 12.5 Å². The van der Waals surface area contributed by atoms with Gasteiger partial charge in [-0.05, 0) is 33.4 Å². The highest BCUT2D eigenvalue weighted by Gasteiger charge is 2.19. The summed E-state index contributed by atoms with van der Waals surface area (Å²) in [4.78, 5) is 31.2. The third kappa shape index (κ3) is 4.48. The van der Waals surface area contributed by atoms with Crippen LogP contribution in [0.2, 0.25) is 0 Å². The van der Waals surface area contributed by atoms with Crippen molar-refractivity contribution < 1.29 is 14.7 Å². The second-order valence-corrected chi connectivity index (χ2v) is 5.34. The van der Waals surface area contributed by atoms with E-state index in [2.05, 4.69) is 15.3 Å². The van der Waals surface area contributed by atoms with E-state index < -0.39 is 5.97 Å². The molecule has 0 saturated heterocycles. The molecule has 1 aromatic rings. The Balaban J connectivity index is 2.84. The molecule has 1 heterocycles. The number of aromatic nitrogens is 2. The Morgan fingerprint density at radius 3 is 2.55 bits per heavy atom. The molecular formula is C13H19N3O3S. The zero-order chi connectivity index (χ0) is 15.3. The van der Waals surface area contributed by atoms with Crippen molar-refractivity contribution in [2.45, 2.75) is 44.7 Å². The second kappa shape index (κ2) is 7.23. The van der Waals surface area contributed by atoms with Crippen LogP contribution in [0.5, 0.6) is 0 Å². The predicted molar refractivity (Wildman–Crippen MR) is 77.1 cm³/mol. The number of carboxylic acid groups (broad SMARTS) is 1. The lowest BCUT2D eigenvalue weighted by Crippen LogP contribution is -2.34. The van der Waals surface area contributed by atoms with E-state index in [0.29, 0.717) is 28.5 Å². The van der Waals surface area contributed by atoms with Crippen LogP contribution in [0.3, 0.4) is 0 Å². The lowest BCUT2D eigenvalue weighted by Gasteiger charge is -2.15. The molecule has 0 saturated carbocycles. The number of hydrogen-bond acceptors (Lipinski definition) is 5. The monoisotopic (exact) mass is 297 g/mol. The van der Waals surface area contributed by atoms with Gasteiger partial charge in [-0.1, -0.05) is 0 Å². The number of carbonyl (C=O) groups is 2. The Bertz CT molecular complexity index is 520. The summed E-state index contributed by atoms with van der Waals surface area (Å²) in [7, 11) is 0. The minimum absolute atomic E-state index is 0.0280. The van der Waals surface area contributed by atoms with Crippen LogP contribution in [-0.2, 0) is 4.79 Å². The first-order valence-corrected chi connectivity index (χ1v) is 7.49. The molecule has 20 heavy (non-hydrogen) atoms. The van der Waals surface area contributed by atoms with Gasteiger partial charge < -0.3 is 10.4 Å². The van der Waals surface area contributed by atoms with E-state index in [0.717, 1.165) is 0 Å². The van der Waals surface area contributed by atoms with Gasteiger partial charge in [0.2, 0.25) is 0 Å². The molecule has 0 radical (unpaired) electrons. The summed E-state index contributed by atoms with van der Waals surface area (Å²) in [6.07, 6.45) is 2.27. The summed E-state index contributed by atoms with van der Waals surface area (Å²) in [5, 5.41) is 12.1. The van der Waals surface area contributed by atoms with Crippen molar-refractivity contribution in [2.75, 3.05) is 6.26 Å². The highest BCUT2D eigenvalue weighted by molar-refractivity contribution is 7.98. The van der Waals surface area contributed by atoms with Crippen molar-refractivity contribution in [2.24, 2.45) is 0 Å². The maximum Gasteiger partial charge on any atom is 0.303 e. The molecule has 0 fully saturated rings. The zero-order valence-electron chi connectivity index (χ0n) is 12.1. The van der Waals surface area contributed by atoms with Gasteiger partial charge in [-0.15, -0.1) is 11.8 Å². The van der Waals surface area contributed by atoms with Crippen LogP contribution in [0.4, 0.5) is 0 Å². The lowest BCUT2D eigenvalue weighted by atomic mass is 10.1. The summed E-state index contributed by atoms with van der Waals surface area (Å²) >= 11 is 1.39. The van der Waals surface area contributed by atoms with E-state index >= 15 is 0 Å². The van der Waals surface area contributed by atoms with Gasteiger partial charge in [-0.2, -0.15) is 0 Å². The largest absolute Gasteiger partial charge is 0.481 e. The molecule has 2 N–H and O–H groups in total. The normalized spacial score (nSPS) is 12.0. The van der Waals surface area contributed by atoms with Gasteiger partial charge in [0.15, 0.2) is 0 Å². The standard InChI is InChI=1S/C13H19N3O3S/c1-7(5-6-10(17)18)14-12(19)11-8(2)15-9(3)16-13(11)20-4/h7H,5-6H2,1-4H3,(H,14,19)(H,17,18). The van der Waals surface area contributed by atoms with E-state index in [9.17, 15) is 9.59 Å². The first kappa shape index (κ1) is 16.4. The average molecular weight is 297 g/mol.